The first-order valence-electron chi connectivity index (χ1n) is 7.70. The highest BCUT2D eigenvalue weighted by Crippen LogP contribution is 2.14. The Morgan fingerprint density at radius 1 is 1.24 bits per heavy atom. The highest BCUT2D eigenvalue weighted by Gasteiger charge is 2.20. The number of hydrogen-bond acceptors (Lipinski definition) is 5. The van der Waals surface area contributed by atoms with E-state index in [0.29, 0.717) is 32.0 Å². The molecule has 0 unspecified atom stereocenters. The highest BCUT2D eigenvalue weighted by atomic mass is 16.5. The fourth-order valence-electron chi connectivity index (χ4n) is 2.45. The van der Waals surface area contributed by atoms with Crippen LogP contribution in [0.15, 0.2) is 12.4 Å². The van der Waals surface area contributed by atoms with E-state index in [1.807, 2.05) is 6.07 Å². The van der Waals surface area contributed by atoms with Gasteiger partial charge in [-0.3, -0.25) is 4.79 Å². The summed E-state index contributed by atoms with van der Waals surface area (Å²) < 4.78 is 5.28. The van der Waals surface area contributed by atoms with Gasteiger partial charge in [0.2, 0.25) is 0 Å². The molecule has 116 valence electrons. The van der Waals surface area contributed by atoms with Crippen molar-refractivity contribution in [2.45, 2.75) is 26.7 Å². The van der Waals surface area contributed by atoms with Gasteiger partial charge in [0.1, 0.15) is 17.8 Å². The zero-order valence-corrected chi connectivity index (χ0v) is 12.9. The normalized spacial score (nSPS) is 15.0. The lowest BCUT2D eigenvalue weighted by molar-refractivity contribution is 0.0299. The first-order chi connectivity index (χ1) is 10.3. The zero-order valence-electron chi connectivity index (χ0n) is 12.9. The Hall–Kier alpha value is -1.69. The summed E-state index contributed by atoms with van der Waals surface area (Å²) in [5, 5.41) is 0. The Labute approximate surface area is 126 Å². The third kappa shape index (κ3) is 4.14. The summed E-state index contributed by atoms with van der Waals surface area (Å²) in [5.74, 6) is 0.806. The van der Waals surface area contributed by atoms with Crippen LogP contribution >= 0.6 is 0 Å². The molecule has 1 aromatic heterocycles. The van der Waals surface area contributed by atoms with Gasteiger partial charge in [-0.25, -0.2) is 9.97 Å². The molecule has 1 saturated heterocycles. The molecular weight excluding hydrogens is 268 g/mol. The molecule has 1 aliphatic heterocycles. The number of morpholine rings is 1. The summed E-state index contributed by atoms with van der Waals surface area (Å²) in [6, 6.07) is 1.81. The van der Waals surface area contributed by atoms with Crippen LogP contribution in [0.4, 0.5) is 5.82 Å². The van der Waals surface area contributed by atoms with Crippen molar-refractivity contribution < 1.29 is 9.53 Å². The van der Waals surface area contributed by atoms with Crippen molar-refractivity contribution in [2.24, 2.45) is 0 Å². The topological polar surface area (TPSA) is 58.6 Å². The van der Waals surface area contributed by atoms with Gasteiger partial charge in [-0.1, -0.05) is 13.8 Å². The van der Waals surface area contributed by atoms with Crippen LogP contribution in [0.2, 0.25) is 0 Å². The monoisotopic (exact) mass is 292 g/mol. The SMILES string of the molecule is CCCN(CCC)c1cc(C(=O)N2CCOCC2)ncn1. The summed E-state index contributed by atoms with van der Waals surface area (Å²) >= 11 is 0. The van der Waals surface area contributed by atoms with E-state index < -0.39 is 0 Å². The van der Waals surface area contributed by atoms with Crippen molar-refractivity contribution in [2.75, 3.05) is 44.3 Å². The van der Waals surface area contributed by atoms with Crippen molar-refractivity contribution in [1.82, 2.24) is 14.9 Å². The predicted octanol–water partition coefficient (Wildman–Crippen LogP) is 1.58. The van der Waals surface area contributed by atoms with Gasteiger partial charge >= 0.3 is 0 Å². The summed E-state index contributed by atoms with van der Waals surface area (Å²) in [4.78, 5) is 24.9. The van der Waals surface area contributed by atoms with Gasteiger partial charge in [-0.2, -0.15) is 0 Å². The number of hydrogen-bond donors (Lipinski definition) is 0. The van der Waals surface area contributed by atoms with E-state index in [0.717, 1.165) is 31.7 Å². The number of ether oxygens (including phenoxy) is 1. The third-order valence-corrected chi connectivity index (χ3v) is 3.48. The van der Waals surface area contributed by atoms with Gasteiger partial charge < -0.3 is 14.5 Å². The fraction of sp³-hybridized carbons (Fsp3) is 0.667. The van der Waals surface area contributed by atoms with Crippen molar-refractivity contribution in [3.63, 3.8) is 0 Å². The molecule has 2 rings (SSSR count). The number of anilines is 1. The molecule has 0 atom stereocenters. The Balaban J connectivity index is 2.13. The summed E-state index contributed by atoms with van der Waals surface area (Å²) in [6.45, 7) is 8.62. The number of carbonyl (C=O) groups excluding carboxylic acids is 1. The van der Waals surface area contributed by atoms with E-state index in [-0.39, 0.29) is 5.91 Å². The van der Waals surface area contributed by atoms with Gasteiger partial charge in [-0.15, -0.1) is 0 Å². The van der Waals surface area contributed by atoms with Gasteiger partial charge in [0, 0.05) is 32.2 Å². The Kier molecular flexibility index (Phi) is 5.92. The van der Waals surface area contributed by atoms with Crippen molar-refractivity contribution >= 4 is 11.7 Å². The molecule has 0 bridgehead atoms. The number of carbonyl (C=O) groups is 1. The van der Waals surface area contributed by atoms with E-state index in [1.165, 1.54) is 6.33 Å². The van der Waals surface area contributed by atoms with Crippen molar-refractivity contribution in [3.05, 3.63) is 18.1 Å². The molecule has 0 spiro atoms. The minimum absolute atomic E-state index is 0.0325. The molecular formula is C15H24N4O2. The summed E-state index contributed by atoms with van der Waals surface area (Å²) in [7, 11) is 0. The second kappa shape index (κ2) is 7.93. The molecule has 6 heteroatoms. The van der Waals surface area contributed by atoms with Crippen LogP contribution in [0, 0.1) is 0 Å². The lowest BCUT2D eigenvalue weighted by Crippen LogP contribution is -2.41. The van der Waals surface area contributed by atoms with E-state index in [9.17, 15) is 4.79 Å². The summed E-state index contributed by atoms with van der Waals surface area (Å²) in [6.07, 6.45) is 3.59. The van der Waals surface area contributed by atoms with Crippen LogP contribution in [0.5, 0.6) is 0 Å². The molecule has 0 N–H and O–H groups in total. The van der Waals surface area contributed by atoms with Crippen LogP contribution in [-0.2, 0) is 4.74 Å². The molecule has 1 aliphatic rings. The molecule has 6 nitrogen and oxygen atoms in total. The van der Waals surface area contributed by atoms with Crippen LogP contribution in [0.25, 0.3) is 0 Å². The summed E-state index contributed by atoms with van der Waals surface area (Å²) in [5.41, 5.74) is 0.471. The van der Waals surface area contributed by atoms with Crippen LogP contribution in [0.1, 0.15) is 37.2 Å². The number of amides is 1. The van der Waals surface area contributed by atoms with Crippen molar-refractivity contribution in [3.8, 4) is 0 Å². The van der Waals surface area contributed by atoms with Gasteiger partial charge in [0.05, 0.1) is 13.2 Å². The fourth-order valence-corrected chi connectivity index (χ4v) is 2.45. The smallest absolute Gasteiger partial charge is 0.272 e. The Morgan fingerprint density at radius 3 is 2.52 bits per heavy atom. The van der Waals surface area contributed by atoms with Crippen LogP contribution < -0.4 is 4.90 Å². The largest absolute Gasteiger partial charge is 0.378 e. The van der Waals surface area contributed by atoms with E-state index >= 15 is 0 Å². The van der Waals surface area contributed by atoms with Gasteiger partial charge in [0.15, 0.2) is 0 Å². The van der Waals surface area contributed by atoms with E-state index in [4.69, 9.17) is 4.74 Å². The van der Waals surface area contributed by atoms with E-state index in [2.05, 4.69) is 28.7 Å². The maximum absolute atomic E-state index is 12.5. The van der Waals surface area contributed by atoms with Crippen LogP contribution in [-0.4, -0.2) is 60.2 Å². The molecule has 0 saturated carbocycles. The molecule has 2 heterocycles. The number of aromatic nitrogens is 2. The molecule has 1 aromatic rings. The maximum Gasteiger partial charge on any atom is 0.272 e. The quantitative estimate of drug-likeness (QED) is 0.796. The maximum atomic E-state index is 12.5. The first-order valence-corrected chi connectivity index (χ1v) is 7.70. The van der Waals surface area contributed by atoms with Gasteiger partial charge in [0.25, 0.3) is 5.91 Å². The predicted molar refractivity (Wildman–Crippen MR) is 81.5 cm³/mol. The van der Waals surface area contributed by atoms with Gasteiger partial charge in [-0.05, 0) is 12.8 Å². The molecule has 21 heavy (non-hydrogen) atoms. The number of rotatable bonds is 6. The highest BCUT2D eigenvalue weighted by molar-refractivity contribution is 5.93. The second-order valence-electron chi connectivity index (χ2n) is 5.15. The zero-order chi connectivity index (χ0) is 15.1. The lowest BCUT2D eigenvalue weighted by Gasteiger charge is -2.27. The third-order valence-electron chi connectivity index (χ3n) is 3.48. The van der Waals surface area contributed by atoms with Crippen molar-refractivity contribution in [1.29, 1.82) is 0 Å². The Bertz CT molecular complexity index is 455. The molecule has 0 aliphatic carbocycles. The molecule has 1 fully saturated rings. The average Bonchev–Trinajstić information content (AvgIpc) is 2.55. The minimum Gasteiger partial charge on any atom is -0.378 e. The second-order valence-corrected chi connectivity index (χ2v) is 5.15. The van der Waals surface area contributed by atoms with E-state index in [1.54, 1.807) is 4.90 Å². The molecule has 0 radical (unpaired) electrons. The molecule has 0 aromatic carbocycles. The average molecular weight is 292 g/mol. The molecule has 1 amide bonds. The first kappa shape index (κ1) is 15.7. The lowest BCUT2D eigenvalue weighted by atomic mass is 10.3. The minimum atomic E-state index is -0.0325. The Morgan fingerprint density at radius 2 is 1.90 bits per heavy atom. The van der Waals surface area contributed by atoms with Crippen LogP contribution in [0.3, 0.4) is 0 Å². The number of nitrogens with zero attached hydrogens (tertiary/aromatic N) is 4. The standard InChI is InChI=1S/C15H24N4O2/c1-3-5-18(6-4-2)14-11-13(16-12-17-14)15(20)19-7-9-21-10-8-19/h11-12H,3-10H2,1-2H3.